The smallest absolute Gasteiger partial charge is 0.161 e. The lowest BCUT2D eigenvalue weighted by molar-refractivity contribution is 0.0880. The number of aromatic amines is 2. The van der Waals surface area contributed by atoms with E-state index in [4.69, 9.17) is 4.98 Å². The molecule has 0 aliphatic carbocycles. The predicted molar refractivity (Wildman–Crippen MR) is 142 cm³/mol. The van der Waals surface area contributed by atoms with Gasteiger partial charge >= 0.3 is 0 Å². The van der Waals surface area contributed by atoms with Crippen LogP contribution in [0.3, 0.4) is 0 Å². The van der Waals surface area contributed by atoms with Crippen molar-refractivity contribution in [2.75, 3.05) is 5.32 Å². The third-order valence-electron chi connectivity index (χ3n) is 6.29. The molecule has 4 N–H and O–H groups in total. The minimum absolute atomic E-state index is 0.108. The second-order valence-corrected chi connectivity index (χ2v) is 10.1. The molecular formula is C27H24FN9O. The maximum absolute atomic E-state index is 16.0. The molecule has 6 heterocycles. The number of pyridine rings is 4. The van der Waals surface area contributed by atoms with E-state index in [1.807, 2.05) is 32.9 Å². The van der Waals surface area contributed by atoms with Crippen LogP contribution in [0, 0.1) is 11.2 Å². The molecule has 6 rings (SSSR count). The molecule has 6 aromatic rings. The lowest BCUT2D eigenvalue weighted by atomic mass is 9.94. The summed E-state index contributed by atoms with van der Waals surface area (Å²) in [7, 11) is 0. The molecule has 0 bridgehead atoms. The van der Waals surface area contributed by atoms with Crippen molar-refractivity contribution in [1.82, 2.24) is 40.1 Å². The van der Waals surface area contributed by atoms with Crippen LogP contribution in [-0.4, -0.2) is 51.4 Å². The van der Waals surface area contributed by atoms with E-state index in [1.165, 1.54) is 12.4 Å². The molecule has 0 aliphatic heterocycles. The van der Waals surface area contributed by atoms with Gasteiger partial charge in [-0.1, -0.05) is 20.8 Å². The molecule has 0 saturated carbocycles. The van der Waals surface area contributed by atoms with Gasteiger partial charge in [0.25, 0.3) is 0 Å². The first kappa shape index (κ1) is 23.6. The van der Waals surface area contributed by atoms with E-state index < -0.39 is 17.5 Å². The summed E-state index contributed by atoms with van der Waals surface area (Å²) < 4.78 is 16.0. The molecular weight excluding hydrogens is 485 g/mol. The van der Waals surface area contributed by atoms with E-state index in [2.05, 4.69) is 40.4 Å². The molecule has 0 fully saturated rings. The number of hydrogen-bond acceptors (Lipinski definition) is 8. The van der Waals surface area contributed by atoms with Crippen molar-refractivity contribution < 1.29 is 9.50 Å². The minimum Gasteiger partial charge on any atom is -0.373 e. The van der Waals surface area contributed by atoms with Gasteiger partial charge in [0, 0.05) is 41.3 Å². The number of aliphatic hydroxyl groups excluding tert-OH is 1. The maximum Gasteiger partial charge on any atom is 0.161 e. The van der Waals surface area contributed by atoms with Crippen LogP contribution in [-0.2, 0) is 0 Å². The van der Waals surface area contributed by atoms with E-state index in [-0.39, 0.29) is 11.1 Å². The van der Waals surface area contributed by atoms with Gasteiger partial charge in [-0.2, -0.15) is 5.10 Å². The summed E-state index contributed by atoms with van der Waals surface area (Å²) in [6.07, 6.45) is 10.6. The number of fused-ring (bicyclic) bond motifs is 2. The van der Waals surface area contributed by atoms with Crippen LogP contribution in [0.25, 0.3) is 55.8 Å². The Hall–Kier alpha value is -4.77. The van der Waals surface area contributed by atoms with Crippen LogP contribution < -0.4 is 5.32 Å². The zero-order chi connectivity index (χ0) is 26.4. The Kier molecular flexibility index (Phi) is 5.57. The van der Waals surface area contributed by atoms with E-state index in [0.717, 1.165) is 11.1 Å². The third-order valence-corrected chi connectivity index (χ3v) is 6.29. The van der Waals surface area contributed by atoms with Gasteiger partial charge in [-0.3, -0.25) is 25.0 Å². The first-order valence-electron chi connectivity index (χ1n) is 12.0. The summed E-state index contributed by atoms with van der Waals surface area (Å²) >= 11 is 0. The zero-order valence-corrected chi connectivity index (χ0v) is 20.9. The van der Waals surface area contributed by atoms with Gasteiger partial charge in [-0.15, -0.1) is 0 Å². The Morgan fingerprint density at radius 1 is 0.921 bits per heavy atom. The van der Waals surface area contributed by atoms with Crippen molar-refractivity contribution in [1.29, 1.82) is 0 Å². The third kappa shape index (κ3) is 4.12. The number of imidazole rings is 1. The van der Waals surface area contributed by atoms with E-state index in [9.17, 15) is 5.11 Å². The van der Waals surface area contributed by atoms with Gasteiger partial charge in [-0.25, -0.2) is 9.37 Å². The number of nitrogens with one attached hydrogen (secondary N) is 3. The molecule has 0 amide bonds. The van der Waals surface area contributed by atoms with Crippen molar-refractivity contribution in [2.45, 2.75) is 27.0 Å². The molecule has 0 aromatic carbocycles. The first-order valence-corrected chi connectivity index (χ1v) is 12.0. The monoisotopic (exact) mass is 509 g/mol. The fourth-order valence-electron chi connectivity index (χ4n) is 4.16. The molecule has 38 heavy (non-hydrogen) atoms. The van der Waals surface area contributed by atoms with E-state index >= 15 is 4.39 Å². The summed E-state index contributed by atoms with van der Waals surface area (Å²) in [4.78, 5) is 24.9. The highest BCUT2D eigenvalue weighted by Crippen LogP contribution is 2.34. The van der Waals surface area contributed by atoms with E-state index in [1.54, 1.807) is 37.1 Å². The molecule has 0 aliphatic rings. The van der Waals surface area contributed by atoms with Gasteiger partial charge in [-0.05, 0) is 23.8 Å². The molecule has 190 valence electrons. The molecule has 0 spiro atoms. The normalized spacial score (nSPS) is 12.8. The highest BCUT2D eigenvalue weighted by atomic mass is 19.1. The van der Waals surface area contributed by atoms with Crippen molar-refractivity contribution in [3.05, 3.63) is 67.4 Å². The van der Waals surface area contributed by atoms with Gasteiger partial charge in [0.05, 0.1) is 46.2 Å². The fraction of sp³-hybridized carbons (Fsp3) is 0.185. The first-order chi connectivity index (χ1) is 18.3. The summed E-state index contributed by atoms with van der Waals surface area (Å²) in [5.41, 5.74) is 4.58. The number of H-pyrrole nitrogens is 2. The molecule has 0 radical (unpaired) electrons. The molecule has 1 unspecified atom stereocenters. The zero-order valence-electron chi connectivity index (χ0n) is 20.9. The Bertz CT molecular complexity index is 1770. The van der Waals surface area contributed by atoms with Crippen molar-refractivity contribution in [3.63, 3.8) is 0 Å². The van der Waals surface area contributed by atoms with Crippen molar-refractivity contribution >= 4 is 27.6 Å². The summed E-state index contributed by atoms with van der Waals surface area (Å²) in [5, 5.41) is 20.9. The van der Waals surface area contributed by atoms with E-state index in [0.29, 0.717) is 39.3 Å². The largest absolute Gasteiger partial charge is 0.373 e. The van der Waals surface area contributed by atoms with Crippen molar-refractivity contribution in [3.8, 4) is 33.9 Å². The Balaban J connectivity index is 1.44. The van der Waals surface area contributed by atoms with Gasteiger partial charge in [0.2, 0.25) is 0 Å². The SMILES string of the molecule is CC(C)(C)C(O)Nc1cncc(-c2ncc3[nH]nc(-c4nc5c(-c6ccncc6)cncc5[nH]4)c3c2F)c1. The lowest BCUT2D eigenvalue weighted by Crippen LogP contribution is -2.33. The average molecular weight is 510 g/mol. The average Bonchev–Trinajstić information content (AvgIpc) is 3.54. The molecule has 10 nitrogen and oxygen atoms in total. The number of aromatic nitrogens is 8. The maximum atomic E-state index is 16.0. The second-order valence-electron chi connectivity index (χ2n) is 10.1. The number of nitrogens with zero attached hydrogens (tertiary/aromatic N) is 6. The lowest BCUT2D eigenvalue weighted by Gasteiger charge is -2.27. The topological polar surface area (TPSA) is 141 Å². The standard InChI is InChI=1S/C27H24FN9O/c1-27(2,3)26(38)33-16-8-15(9-30-10-16)22-21(28)20-18(13-32-22)36-37-24(20)25-34-19-12-31-11-17(23(19)35-25)14-4-6-29-7-5-14/h4-13,26,33,38H,1-3H3,(H,34,35)(H,36,37). The van der Waals surface area contributed by atoms with Gasteiger partial charge < -0.3 is 15.4 Å². The summed E-state index contributed by atoms with van der Waals surface area (Å²) in [5.74, 6) is -0.165. The summed E-state index contributed by atoms with van der Waals surface area (Å²) in [6, 6.07) is 5.46. The fourth-order valence-corrected chi connectivity index (χ4v) is 4.16. The second kappa shape index (κ2) is 8.96. The number of halogens is 1. The number of hydrogen-bond donors (Lipinski definition) is 4. The molecule has 6 aromatic heterocycles. The highest BCUT2D eigenvalue weighted by molar-refractivity contribution is 5.97. The number of rotatable bonds is 5. The number of aliphatic hydroxyl groups is 1. The van der Waals surface area contributed by atoms with Gasteiger partial charge in [0.15, 0.2) is 11.6 Å². The minimum atomic E-state index is -0.820. The van der Waals surface area contributed by atoms with Gasteiger partial charge in [0.1, 0.15) is 17.6 Å². The van der Waals surface area contributed by atoms with Crippen LogP contribution in [0.4, 0.5) is 10.1 Å². The predicted octanol–water partition coefficient (Wildman–Crippen LogP) is 4.94. The summed E-state index contributed by atoms with van der Waals surface area (Å²) in [6.45, 7) is 5.73. The Morgan fingerprint density at radius 2 is 1.71 bits per heavy atom. The van der Waals surface area contributed by atoms with Crippen LogP contribution in [0.1, 0.15) is 20.8 Å². The highest BCUT2D eigenvalue weighted by Gasteiger charge is 2.24. The van der Waals surface area contributed by atoms with Crippen LogP contribution in [0.5, 0.6) is 0 Å². The van der Waals surface area contributed by atoms with Crippen LogP contribution in [0.2, 0.25) is 0 Å². The van der Waals surface area contributed by atoms with Crippen molar-refractivity contribution in [2.24, 2.45) is 5.41 Å². The molecule has 11 heteroatoms. The Morgan fingerprint density at radius 3 is 2.50 bits per heavy atom. The van der Waals surface area contributed by atoms with Crippen LogP contribution >= 0.6 is 0 Å². The Labute approximate surface area is 216 Å². The quantitative estimate of drug-likeness (QED) is 0.240. The molecule has 1 atom stereocenters. The molecule has 0 saturated heterocycles. The van der Waals surface area contributed by atoms with Crippen LogP contribution in [0.15, 0.2) is 61.6 Å². The number of anilines is 1.